The molecule has 0 heterocycles. The maximum atomic E-state index is 10.4. The van der Waals surface area contributed by atoms with Gasteiger partial charge in [0, 0.05) is 0 Å². The summed E-state index contributed by atoms with van der Waals surface area (Å²) in [6.07, 6.45) is -7.11. The Morgan fingerprint density at radius 2 is 1.62 bits per heavy atom. The van der Waals surface area contributed by atoms with Gasteiger partial charge in [0.25, 0.3) is 0 Å². The molecule has 0 aliphatic heterocycles. The minimum atomic E-state index is -1.86. The molecule has 0 spiro atoms. The topological polar surface area (TPSA) is 118 Å². The predicted octanol–water partition coefficient (Wildman–Crippen LogP) is -3.50. The molecule has 6 nitrogen and oxygen atoms in total. The first-order chi connectivity index (χ1) is 5.91. The third kappa shape index (κ3) is 3.70. The summed E-state index contributed by atoms with van der Waals surface area (Å²) in [4.78, 5) is 10.4. The monoisotopic (exact) mass is 235 g/mol. The van der Waals surface area contributed by atoms with Gasteiger partial charge in [-0.2, -0.15) is 0 Å². The van der Waals surface area contributed by atoms with E-state index >= 15 is 0 Å². The number of aliphatic hydroxyl groups excluding tert-OH is 5. The molecule has 0 aromatic heterocycles. The van der Waals surface area contributed by atoms with Gasteiger partial charge in [0.1, 0.15) is 0 Å². The molecule has 0 aliphatic rings. The zero-order valence-corrected chi connectivity index (χ0v) is 7.62. The Balaban J connectivity index is 4.24. The Bertz CT molecular complexity index is 175. The van der Waals surface area contributed by atoms with Crippen LogP contribution in [0.2, 0.25) is 0 Å². The van der Waals surface area contributed by atoms with Crippen LogP contribution < -0.4 is 0 Å². The van der Waals surface area contributed by atoms with Crippen molar-refractivity contribution in [3.05, 3.63) is 0 Å². The molecule has 4 atom stereocenters. The molecule has 0 aliphatic carbocycles. The predicted molar refractivity (Wildman–Crippen MR) is 36.1 cm³/mol. The average molecular weight is 235 g/mol. The van der Waals surface area contributed by atoms with Crippen LogP contribution in [0.1, 0.15) is 0 Å². The molecular weight excluding hydrogens is 224 g/mol. The number of hydrogen-bond acceptors (Lipinski definition) is 6. The Morgan fingerprint density at radius 1 is 1.15 bits per heavy atom. The molecule has 0 saturated carbocycles. The van der Waals surface area contributed by atoms with Crippen LogP contribution in [0.15, 0.2) is 0 Å². The number of aliphatic hydroxyl groups is 5. The molecule has 0 aromatic carbocycles. The van der Waals surface area contributed by atoms with E-state index in [0.717, 1.165) is 0 Å². The zero-order chi connectivity index (χ0) is 10.6. The van der Waals surface area contributed by atoms with E-state index in [4.69, 9.17) is 25.5 Å². The summed E-state index contributed by atoms with van der Waals surface area (Å²) in [5.74, 6) is 0. The van der Waals surface area contributed by atoms with Gasteiger partial charge in [-0.25, -0.2) is 0 Å². The van der Waals surface area contributed by atoms with Crippen molar-refractivity contribution >= 4 is 4.68 Å². The molecule has 0 rings (SSSR count). The second-order valence-electron chi connectivity index (χ2n) is 2.47. The van der Waals surface area contributed by atoms with Crippen LogP contribution in [0, 0.1) is 0 Å². The quantitative estimate of drug-likeness (QED) is 0.315. The van der Waals surface area contributed by atoms with Crippen LogP contribution in [-0.2, 0) is 20.8 Å². The second kappa shape index (κ2) is 5.66. The van der Waals surface area contributed by atoms with E-state index < -0.39 is 35.7 Å². The Morgan fingerprint density at radius 3 is 1.92 bits per heavy atom. The summed E-state index contributed by atoms with van der Waals surface area (Å²) in [6, 6.07) is 0. The van der Waals surface area contributed by atoms with Crippen molar-refractivity contribution < 1.29 is 46.3 Å². The third-order valence-corrected chi connectivity index (χ3v) is 1.81. The molecule has 13 heavy (non-hydrogen) atoms. The molecule has 0 amide bonds. The van der Waals surface area contributed by atoms with Gasteiger partial charge in [-0.05, 0) is 0 Å². The molecule has 0 aromatic rings. The summed E-state index contributed by atoms with van der Waals surface area (Å²) in [5, 5.41) is 44.1. The molecular formula is C6H11FeO6. The maximum absolute atomic E-state index is 10.4. The van der Waals surface area contributed by atoms with E-state index in [1.54, 1.807) is 0 Å². The van der Waals surface area contributed by atoms with Crippen LogP contribution in [-0.4, -0.2) is 61.2 Å². The molecule has 0 fully saturated rings. The first-order valence-electron chi connectivity index (χ1n) is 3.43. The number of rotatable bonds is 5. The first-order valence-corrected chi connectivity index (χ1v) is 3.98. The molecule has 0 radical (unpaired) electrons. The fraction of sp³-hybridized carbons (Fsp3) is 0.833. The van der Waals surface area contributed by atoms with Gasteiger partial charge < -0.3 is 0 Å². The molecule has 0 saturated heterocycles. The van der Waals surface area contributed by atoms with Gasteiger partial charge in [-0.1, -0.05) is 0 Å². The van der Waals surface area contributed by atoms with Crippen LogP contribution in [0.3, 0.4) is 0 Å². The van der Waals surface area contributed by atoms with Crippen molar-refractivity contribution in [2.75, 3.05) is 6.61 Å². The third-order valence-electron chi connectivity index (χ3n) is 1.48. The summed E-state index contributed by atoms with van der Waals surface area (Å²) in [5.41, 5.74) is 0. The molecule has 0 unspecified atom stereocenters. The summed E-state index contributed by atoms with van der Waals surface area (Å²) >= 11 is 2.82. The average Bonchev–Trinajstić information content (AvgIpc) is 2.12. The van der Waals surface area contributed by atoms with E-state index in [9.17, 15) is 4.79 Å². The van der Waals surface area contributed by atoms with Crippen molar-refractivity contribution in [3.63, 3.8) is 0 Å². The van der Waals surface area contributed by atoms with Gasteiger partial charge in [0.2, 0.25) is 0 Å². The van der Waals surface area contributed by atoms with E-state index in [-0.39, 0.29) is 0 Å². The molecule has 0 bridgehead atoms. The second-order valence-corrected chi connectivity index (χ2v) is 3.01. The Hall–Kier alpha value is -0.0105. The fourth-order valence-corrected chi connectivity index (χ4v) is 0.841. The van der Waals surface area contributed by atoms with Crippen LogP contribution >= 0.6 is 0 Å². The van der Waals surface area contributed by atoms with Crippen molar-refractivity contribution in [2.45, 2.75) is 24.4 Å². The summed E-state index contributed by atoms with van der Waals surface area (Å²) in [7, 11) is 0. The number of hydrogen-bond donors (Lipinski definition) is 5. The Kier molecular flexibility index (Phi) is 5.66. The van der Waals surface area contributed by atoms with Gasteiger partial charge in [0.15, 0.2) is 0 Å². The van der Waals surface area contributed by atoms with E-state index in [1.807, 2.05) is 0 Å². The molecule has 5 N–H and O–H groups in total. The van der Waals surface area contributed by atoms with Crippen molar-refractivity contribution in [2.24, 2.45) is 0 Å². The van der Waals surface area contributed by atoms with E-state index in [0.29, 0.717) is 0 Å². The van der Waals surface area contributed by atoms with E-state index in [2.05, 4.69) is 16.0 Å². The zero-order valence-electron chi connectivity index (χ0n) is 6.51. The standard InChI is InChI=1S/C6H11O6.Fe/c7-1-3(9)5(11)6(12)4(10)2-8;/h3-7,9-12H,1H2;/t3-,4+,5-,6-;/m1./s1. The van der Waals surface area contributed by atoms with Crippen LogP contribution in [0.5, 0.6) is 0 Å². The Labute approximate surface area is 82.6 Å². The van der Waals surface area contributed by atoms with Gasteiger partial charge in [-0.15, -0.1) is 0 Å². The number of carbonyl (C=O) groups excluding carboxylic acids is 1. The van der Waals surface area contributed by atoms with Crippen LogP contribution in [0.4, 0.5) is 0 Å². The fourth-order valence-electron chi connectivity index (χ4n) is 0.652. The van der Waals surface area contributed by atoms with Crippen molar-refractivity contribution in [3.8, 4) is 0 Å². The molecule has 79 valence electrons. The first kappa shape index (κ1) is 13.0. The van der Waals surface area contributed by atoms with Crippen molar-refractivity contribution in [1.29, 1.82) is 0 Å². The SMILES string of the molecule is O=[C]([Fe])[C@H](O)[C@@H](O)[C@H](O)[C@H](O)CO. The summed E-state index contributed by atoms with van der Waals surface area (Å²) < 4.78 is -0.975. The van der Waals surface area contributed by atoms with Gasteiger partial charge in [0.05, 0.1) is 0 Å². The minimum absolute atomic E-state index is 0.781. The number of carbonyl (C=O) groups is 1. The molecule has 7 heteroatoms. The van der Waals surface area contributed by atoms with Crippen LogP contribution in [0.25, 0.3) is 0 Å². The van der Waals surface area contributed by atoms with Crippen molar-refractivity contribution in [1.82, 2.24) is 0 Å². The normalized spacial score (nSPS) is 20.5. The van der Waals surface area contributed by atoms with E-state index in [1.165, 1.54) is 0 Å². The summed E-state index contributed by atoms with van der Waals surface area (Å²) in [6.45, 7) is -0.781. The van der Waals surface area contributed by atoms with Gasteiger partial charge >= 0.3 is 82.0 Å². The van der Waals surface area contributed by atoms with Gasteiger partial charge in [-0.3, -0.25) is 0 Å².